The maximum atomic E-state index is 12.4. The average molecular weight is 322 g/mol. The van der Waals surface area contributed by atoms with Crippen LogP contribution in [0.2, 0.25) is 0 Å². The molecule has 0 spiro atoms. The lowest BCUT2D eigenvalue weighted by atomic mass is 10.1. The van der Waals surface area contributed by atoms with Gasteiger partial charge in [0.05, 0.1) is 10.6 Å². The van der Waals surface area contributed by atoms with Crippen LogP contribution in [0.5, 0.6) is 0 Å². The largest absolute Gasteiger partial charge is 0.263 e. The number of aromatic nitrogens is 1. The van der Waals surface area contributed by atoms with E-state index in [1.165, 1.54) is 16.9 Å². The predicted molar refractivity (Wildman–Crippen MR) is 85.5 cm³/mol. The number of hydrogen-bond donors (Lipinski definition) is 1. The van der Waals surface area contributed by atoms with Gasteiger partial charge in [0.2, 0.25) is 0 Å². The number of sulfonamides is 1. The summed E-state index contributed by atoms with van der Waals surface area (Å²) in [7, 11) is -3.55. The van der Waals surface area contributed by atoms with Gasteiger partial charge in [0.25, 0.3) is 10.0 Å². The van der Waals surface area contributed by atoms with Crippen LogP contribution < -0.4 is 4.72 Å². The van der Waals surface area contributed by atoms with E-state index in [1.807, 2.05) is 25.3 Å². The molecule has 1 aromatic heterocycles. The quantitative estimate of drug-likeness (QED) is 0.936. The van der Waals surface area contributed by atoms with Crippen LogP contribution in [0.15, 0.2) is 28.5 Å². The molecule has 1 aliphatic rings. The van der Waals surface area contributed by atoms with Gasteiger partial charge in [-0.3, -0.25) is 4.72 Å². The summed E-state index contributed by atoms with van der Waals surface area (Å²) in [5.74, 6) is 0.291. The minimum Gasteiger partial charge on any atom is -0.255 e. The van der Waals surface area contributed by atoms with Crippen molar-refractivity contribution in [3.63, 3.8) is 0 Å². The Labute approximate surface area is 129 Å². The van der Waals surface area contributed by atoms with Crippen LogP contribution in [0, 0.1) is 0 Å². The van der Waals surface area contributed by atoms with Gasteiger partial charge in [0.15, 0.2) is 5.13 Å². The number of nitrogens with one attached hydrogen (secondary N) is 1. The van der Waals surface area contributed by atoms with Crippen molar-refractivity contribution in [2.75, 3.05) is 4.72 Å². The van der Waals surface area contributed by atoms with Gasteiger partial charge in [-0.1, -0.05) is 19.9 Å². The summed E-state index contributed by atoms with van der Waals surface area (Å²) in [6, 6.07) is 5.41. The first kappa shape index (κ1) is 14.5. The van der Waals surface area contributed by atoms with Crippen molar-refractivity contribution in [2.45, 2.75) is 43.9 Å². The van der Waals surface area contributed by atoms with E-state index in [2.05, 4.69) is 9.71 Å². The summed E-state index contributed by atoms with van der Waals surface area (Å²) >= 11 is 1.32. The number of nitrogens with zero attached hydrogens (tertiary/aromatic N) is 1. The first-order valence-corrected chi connectivity index (χ1v) is 9.42. The lowest BCUT2D eigenvalue weighted by Crippen LogP contribution is -2.13. The number of rotatable bonds is 4. The van der Waals surface area contributed by atoms with Crippen molar-refractivity contribution in [1.82, 2.24) is 4.98 Å². The molecule has 0 bridgehead atoms. The lowest BCUT2D eigenvalue weighted by Gasteiger charge is -2.07. The number of thiazole rings is 1. The molecule has 0 radical (unpaired) electrons. The van der Waals surface area contributed by atoms with E-state index >= 15 is 0 Å². The third-order valence-electron chi connectivity index (χ3n) is 3.72. The summed E-state index contributed by atoms with van der Waals surface area (Å²) in [5, 5.41) is 2.32. The molecule has 0 unspecified atom stereocenters. The zero-order chi connectivity index (χ0) is 15.0. The molecule has 6 heteroatoms. The molecule has 0 aliphatic heterocycles. The summed E-state index contributed by atoms with van der Waals surface area (Å²) in [6.45, 7) is 4.07. The Balaban J connectivity index is 1.86. The highest BCUT2D eigenvalue weighted by Gasteiger charge is 2.20. The number of anilines is 1. The van der Waals surface area contributed by atoms with Crippen molar-refractivity contribution in [3.05, 3.63) is 40.4 Å². The molecule has 1 heterocycles. The Morgan fingerprint density at radius 3 is 2.71 bits per heavy atom. The van der Waals surface area contributed by atoms with E-state index in [1.54, 1.807) is 12.1 Å². The average Bonchev–Trinajstić information content (AvgIpc) is 3.05. The van der Waals surface area contributed by atoms with Crippen LogP contribution in [-0.4, -0.2) is 13.4 Å². The zero-order valence-corrected chi connectivity index (χ0v) is 13.7. The molecule has 4 nitrogen and oxygen atoms in total. The second-order valence-electron chi connectivity index (χ2n) is 5.62. The van der Waals surface area contributed by atoms with Crippen LogP contribution in [0.25, 0.3) is 0 Å². The smallest absolute Gasteiger partial charge is 0.255 e. The highest BCUT2D eigenvalue weighted by Crippen LogP contribution is 2.27. The van der Waals surface area contributed by atoms with Crippen molar-refractivity contribution in [1.29, 1.82) is 0 Å². The minimum absolute atomic E-state index is 0.291. The second-order valence-corrected chi connectivity index (χ2v) is 8.16. The molecule has 2 aromatic rings. The molecule has 21 heavy (non-hydrogen) atoms. The fourth-order valence-electron chi connectivity index (χ4n) is 2.49. The summed E-state index contributed by atoms with van der Waals surface area (Å²) < 4.78 is 27.5. The van der Waals surface area contributed by atoms with Crippen LogP contribution in [0.3, 0.4) is 0 Å². The fraction of sp³-hybridized carbons (Fsp3) is 0.400. The highest BCUT2D eigenvalue weighted by atomic mass is 32.2. The predicted octanol–water partition coefficient (Wildman–Crippen LogP) is 3.56. The molecule has 1 N–H and O–H groups in total. The fourth-order valence-corrected chi connectivity index (χ4v) is 4.66. The second kappa shape index (κ2) is 5.42. The molecule has 0 saturated carbocycles. The van der Waals surface area contributed by atoms with Crippen LogP contribution in [0.1, 0.15) is 43.0 Å². The summed E-state index contributed by atoms with van der Waals surface area (Å²) in [5.41, 5.74) is 3.33. The number of benzene rings is 1. The number of hydrogen-bond acceptors (Lipinski definition) is 4. The standard InChI is InChI=1S/C15H18N2O2S2/c1-10(2)14-9-20-15(16-14)17-21(18,19)13-7-6-11-4-3-5-12(11)8-13/h6-10H,3-5H2,1-2H3,(H,16,17). The topological polar surface area (TPSA) is 59.1 Å². The van der Waals surface area contributed by atoms with Crippen LogP contribution in [0.4, 0.5) is 5.13 Å². The lowest BCUT2D eigenvalue weighted by molar-refractivity contribution is 0.601. The molecule has 3 rings (SSSR count). The normalized spacial score (nSPS) is 14.4. The van der Waals surface area contributed by atoms with Gasteiger partial charge >= 0.3 is 0 Å². The molecule has 0 fully saturated rings. The van der Waals surface area contributed by atoms with Gasteiger partial charge in [-0.2, -0.15) is 0 Å². The van der Waals surface area contributed by atoms with Crippen molar-refractivity contribution >= 4 is 26.5 Å². The van der Waals surface area contributed by atoms with E-state index < -0.39 is 10.0 Å². The van der Waals surface area contributed by atoms with Crippen molar-refractivity contribution in [3.8, 4) is 0 Å². The molecular formula is C15H18N2O2S2. The number of aryl methyl sites for hydroxylation is 2. The van der Waals surface area contributed by atoms with Crippen molar-refractivity contribution in [2.24, 2.45) is 0 Å². The van der Waals surface area contributed by atoms with E-state index in [0.717, 1.165) is 30.5 Å². The maximum Gasteiger partial charge on any atom is 0.263 e. The van der Waals surface area contributed by atoms with Gasteiger partial charge in [-0.15, -0.1) is 11.3 Å². The minimum atomic E-state index is -3.55. The van der Waals surface area contributed by atoms with E-state index in [4.69, 9.17) is 0 Å². The Morgan fingerprint density at radius 2 is 2.00 bits per heavy atom. The molecule has 1 aromatic carbocycles. The molecule has 0 amide bonds. The zero-order valence-electron chi connectivity index (χ0n) is 12.1. The highest BCUT2D eigenvalue weighted by molar-refractivity contribution is 7.93. The first-order chi connectivity index (χ1) is 9.95. The third kappa shape index (κ3) is 2.96. The summed E-state index contributed by atoms with van der Waals surface area (Å²) in [4.78, 5) is 4.64. The van der Waals surface area contributed by atoms with E-state index in [9.17, 15) is 8.42 Å². The SMILES string of the molecule is CC(C)c1csc(NS(=O)(=O)c2ccc3c(c2)CCC3)n1. The molecule has 112 valence electrons. The van der Waals surface area contributed by atoms with Gasteiger partial charge in [0.1, 0.15) is 0 Å². The van der Waals surface area contributed by atoms with Gasteiger partial charge in [-0.05, 0) is 48.4 Å². The molecule has 1 aliphatic carbocycles. The van der Waals surface area contributed by atoms with Crippen LogP contribution >= 0.6 is 11.3 Å². The van der Waals surface area contributed by atoms with E-state index in [-0.39, 0.29) is 0 Å². The number of fused-ring (bicyclic) bond motifs is 1. The Morgan fingerprint density at radius 1 is 1.24 bits per heavy atom. The van der Waals surface area contributed by atoms with Crippen molar-refractivity contribution < 1.29 is 8.42 Å². The monoisotopic (exact) mass is 322 g/mol. The maximum absolute atomic E-state index is 12.4. The Bertz CT molecular complexity index is 764. The first-order valence-electron chi connectivity index (χ1n) is 7.06. The van der Waals surface area contributed by atoms with Crippen LogP contribution in [-0.2, 0) is 22.9 Å². The Hall–Kier alpha value is -1.40. The Kier molecular flexibility index (Phi) is 3.75. The van der Waals surface area contributed by atoms with Gasteiger partial charge in [-0.25, -0.2) is 13.4 Å². The van der Waals surface area contributed by atoms with Gasteiger partial charge in [0, 0.05) is 5.38 Å². The summed E-state index contributed by atoms with van der Waals surface area (Å²) in [6.07, 6.45) is 3.12. The van der Waals surface area contributed by atoms with Gasteiger partial charge < -0.3 is 0 Å². The molecular weight excluding hydrogens is 304 g/mol. The molecule has 0 saturated heterocycles. The molecule has 0 atom stereocenters. The van der Waals surface area contributed by atoms with E-state index in [0.29, 0.717) is 15.9 Å². The third-order valence-corrected chi connectivity index (χ3v) is 5.96.